The summed E-state index contributed by atoms with van der Waals surface area (Å²) in [6.45, 7) is 5.92. The fourth-order valence-corrected chi connectivity index (χ4v) is 2.55. The Morgan fingerprint density at radius 3 is 2.52 bits per heavy atom. The summed E-state index contributed by atoms with van der Waals surface area (Å²) in [5.74, 6) is 0.949. The molecule has 0 amide bonds. The number of hydrogen-bond donors (Lipinski definition) is 0. The van der Waals surface area contributed by atoms with Crippen molar-refractivity contribution in [2.24, 2.45) is 0 Å². The van der Waals surface area contributed by atoms with Crippen molar-refractivity contribution < 1.29 is 9.53 Å². The number of carbonyl (C=O) groups is 1. The molecule has 0 saturated heterocycles. The summed E-state index contributed by atoms with van der Waals surface area (Å²) in [4.78, 5) is 13.9. The molecule has 122 valence electrons. The molecule has 0 radical (unpaired) electrons. The summed E-state index contributed by atoms with van der Waals surface area (Å²) in [7, 11) is 2.10. The van der Waals surface area contributed by atoms with Crippen molar-refractivity contribution in [2.45, 2.75) is 26.8 Å². The molecule has 3 nitrogen and oxygen atoms in total. The molecule has 0 heterocycles. The number of likely N-dealkylation sites (N-methyl/N-ethyl adjacent to an activating group) is 1. The Balaban J connectivity index is 2.04. The van der Waals surface area contributed by atoms with E-state index in [4.69, 9.17) is 4.74 Å². The topological polar surface area (TPSA) is 29.5 Å². The first-order chi connectivity index (χ1) is 11.1. The largest absolute Gasteiger partial charge is 0.494 e. The van der Waals surface area contributed by atoms with Gasteiger partial charge in [-0.05, 0) is 51.1 Å². The Morgan fingerprint density at radius 2 is 1.87 bits per heavy atom. The molecule has 0 spiro atoms. The van der Waals surface area contributed by atoms with Gasteiger partial charge in [0.1, 0.15) is 5.75 Å². The number of rotatable bonds is 8. The van der Waals surface area contributed by atoms with Crippen molar-refractivity contribution >= 4 is 5.78 Å². The molecule has 0 fully saturated rings. The van der Waals surface area contributed by atoms with E-state index in [1.165, 1.54) is 5.56 Å². The smallest absolute Gasteiger partial charge is 0.159 e. The van der Waals surface area contributed by atoms with Crippen molar-refractivity contribution in [1.29, 1.82) is 0 Å². The van der Waals surface area contributed by atoms with E-state index in [1.807, 2.05) is 31.2 Å². The van der Waals surface area contributed by atoms with Crippen LogP contribution in [-0.2, 0) is 13.0 Å². The van der Waals surface area contributed by atoms with Gasteiger partial charge < -0.3 is 9.64 Å². The lowest BCUT2D eigenvalue weighted by atomic mass is 10.1. The summed E-state index contributed by atoms with van der Waals surface area (Å²) >= 11 is 0. The molecular formula is C20H25NO2. The van der Waals surface area contributed by atoms with Crippen LogP contribution >= 0.6 is 0 Å². The highest BCUT2D eigenvalue weighted by Crippen LogP contribution is 2.22. The van der Waals surface area contributed by atoms with Crippen LogP contribution in [0.1, 0.15) is 35.3 Å². The molecule has 2 aromatic rings. The Labute approximate surface area is 138 Å². The second-order valence-corrected chi connectivity index (χ2v) is 5.79. The maximum atomic E-state index is 11.6. The summed E-state index contributed by atoms with van der Waals surface area (Å²) in [5.41, 5.74) is 3.14. The summed E-state index contributed by atoms with van der Waals surface area (Å²) in [5, 5.41) is 0. The van der Waals surface area contributed by atoms with Crippen LogP contribution in [0.3, 0.4) is 0 Å². The fraction of sp³-hybridized carbons (Fsp3) is 0.350. The summed E-state index contributed by atoms with van der Waals surface area (Å²) in [6.07, 6.45) is 1.01. The minimum atomic E-state index is 0.0845. The van der Waals surface area contributed by atoms with E-state index in [2.05, 4.69) is 36.2 Å². The molecule has 0 aromatic heterocycles. The lowest BCUT2D eigenvalue weighted by Gasteiger charge is -2.19. The van der Waals surface area contributed by atoms with Crippen LogP contribution in [0, 0.1) is 0 Å². The second-order valence-electron chi connectivity index (χ2n) is 5.79. The standard InChI is InChI=1S/C20H25NO2/c1-4-23-20-11-10-18(16(2)22)14-19(20)15-21(3)13-12-17-8-6-5-7-9-17/h5-11,14H,4,12-13,15H2,1-3H3. The van der Waals surface area contributed by atoms with E-state index >= 15 is 0 Å². The first-order valence-electron chi connectivity index (χ1n) is 8.09. The average molecular weight is 311 g/mol. The number of benzene rings is 2. The first kappa shape index (κ1) is 17.2. The maximum absolute atomic E-state index is 11.6. The number of nitrogens with zero attached hydrogens (tertiary/aromatic N) is 1. The van der Waals surface area contributed by atoms with Gasteiger partial charge in [0.15, 0.2) is 5.78 Å². The minimum Gasteiger partial charge on any atom is -0.494 e. The average Bonchev–Trinajstić information content (AvgIpc) is 2.55. The molecule has 0 aliphatic carbocycles. The maximum Gasteiger partial charge on any atom is 0.159 e. The van der Waals surface area contributed by atoms with Crippen molar-refractivity contribution in [3.05, 3.63) is 65.2 Å². The third kappa shape index (κ3) is 5.22. The Hall–Kier alpha value is -2.13. The first-order valence-corrected chi connectivity index (χ1v) is 8.09. The van der Waals surface area contributed by atoms with Gasteiger partial charge in [0.2, 0.25) is 0 Å². The van der Waals surface area contributed by atoms with Crippen molar-refractivity contribution in [3.63, 3.8) is 0 Å². The number of ketones is 1. The molecular weight excluding hydrogens is 286 g/mol. The van der Waals surface area contributed by atoms with Crippen molar-refractivity contribution in [3.8, 4) is 5.75 Å². The van der Waals surface area contributed by atoms with E-state index < -0.39 is 0 Å². The van der Waals surface area contributed by atoms with E-state index in [1.54, 1.807) is 6.92 Å². The summed E-state index contributed by atoms with van der Waals surface area (Å²) in [6, 6.07) is 16.2. The Bertz CT molecular complexity index is 637. The van der Waals surface area contributed by atoms with Crippen LogP contribution in [0.15, 0.2) is 48.5 Å². The molecule has 0 saturated carbocycles. The van der Waals surface area contributed by atoms with Crippen LogP contribution < -0.4 is 4.74 Å². The normalized spacial score (nSPS) is 10.8. The van der Waals surface area contributed by atoms with Crippen LogP contribution in [-0.4, -0.2) is 30.9 Å². The SMILES string of the molecule is CCOc1ccc(C(C)=O)cc1CN(C)CCc1ccccc1. The highest BCUT2D eigenvalue weighted by molar-refractivity contribution is 5.94. The molecule has 2 rings (SSSR count). The lowest BCUT2D eigenvalue weighted by Crippen LogP contribution is -2.21. The van der Waals surface area contributed by atoms with Gasteiger partial charge >= 0.3 is 0 Å². The fourth-order valence-electron chi connectivity index (χ4n) is 2.55. The molecule has 0 aliphatic rings. The molecule has 3 heteroatoms. The number of ether oxygens (including phenoxy) is 1. The monoisotopic (exact) mass is 311 g/mol. The van der Waals surface area contributed by atoms with E-state index in [9.17, 15) is 4.79 Å². The van der Waals surface area contributed by atoms with Gasteiger partial charge in [-0.1, -0.05) is 30.3 Å². The molecule has 0 aliphatic heterocycles. The molecule has 23 heavy (non-hydrogen) atoms. The quantitative estimate of drug-likeness (QED) is 0.691. The van der Waals surface area contributed by atoms with E-state index in [0.29, 0.717) is 6.61 Å². The minimum absolute atomic E-state index is 0.0845. The van der Waals surface area contributed by atoms with Crippen molar-refractivity contribution in [1.82, 2.24) is 4.90 Å². The molecule has 0 bridgehead atoms. The van der Waals surface area contributed by atoms with Crippen LogP contribution in [0.2, 0.25) is 0 Å². The Morgan fingerprint density at radius 1 is 1.13 bits per heavy atom. The van der Waals surface area contributed by atoms with Gasteiger partial charge in [-0.3, -0.25) is 4.79 Å². The molecule has 0 N–H and O–H groups in total. The summed E-state index contributed by atoms with van der Waals surface area (Å²) < 4.78 is 5.70. The third-order valence-corrected chi connectivity index (χ3v) is 3.83. The molecule has 0 atom stereocenters. The van der Waals surface area contributed by atoms with E-state index in [0.717, 1.165) is 36.4 Å². The molecule has 0 unspecified atom stereocenters. The van der Waals surface area contributed by atoms with Crippen LogP contribution in [0.5, 0.6) is 5.75 Å². The van der Waals surface area contributed by atoms with Gasteiger partial charge in [0, 0.05) is 24.2 Å². The Kier molecular flexibility index (Phi) is 6.36. The van der Waals surface area contributed by atoms with E-state index in [-0.39, 0.29) is 5.78 Å². The van der Waals surface area contributed by atoms with Gasteiger partial charge in [0.25, 0.3) is 0 Å². The number of hydrogen-bond acceptors (Lipinski definition) is 3. The highest BCUT2D eigenvalue weighted by Gasteiger charge is 2.10. The number of Topliss-reactive ketones (excluding diaryl/α,β-unsaturated/α-hetero) is 1. The van der Waals surface area contributed by atoms with Gasteiger partial charge in [-0.2, -0.15) is 0 Å². The molecule has 2 aromatic carbocycles. The zero-order chi connectivity index (χ0) is 16.7. The van der Waals surface area contributed by atoms with Gasteiger partial charge in [-0.15, -0.1) is 0 Å². The number of carbonyl (C=O) groups excluding carboxylic acids is 1. The van der Waals surface area contributed by atoms with Gasteiger partial charge in [0.05, 0.1) is 6.61 Å². The zero-order valence-electron chi connectivity index (χ0n) is 14.2. The predicted molar refractivity (Wildman–Crippen MR) is 94.1 cm³/mol. The zero-order valence-corrected chi connectivity index (χ0v) is 14.2. The van der Waals surface area contributed by atoms with Crippen LogP contribution in [0.25, 0.3) is 0 Å². The highest BCUT2D eigenvalue weighted by atomic mass is 16.5. The van der Waals surface area contributed by atoms with Gasteiger partial charge in [-0.25, -0.2) is 0 Å². The third-order valence-electron chi connectivity index (χ3n) is 3.83. The van der Waals surface area contributed by atoms with Crippen molar-refractivity contribution in [2.75, 3.05) is 20.2 Å². The van der Waals surface area contributed by atoms with Crippen LogP contribution in [0.4, 0.5) is 0 Å². The lowest BCUT2D eigenvalue weighted by molar-refractivity contribution is 0.101. The predicted octanol–water partition coefficient (Wildman–Crippen LogP) is 3.96. The second kappa shape index (κ2) is 8.49.